The van der Waals surface area contributed by atoms with E-state index in [1.54, 1.807) is 12.3 Å². The van der Waals surface area contributed by atoms with Gasteiger partial charge in [-0.15, -0.1) is 0 Å². The number of hydrogen-bond acceptors (Lipinski definition) is 3. The maximum atomic E-state index is 12.1. The molecule has 3 rings (SSSR count). The second-order valence-corrected chi connectivity index (χ2v) is 7.50. The second kappa shape index (κ2) is 6.05. The van der Waals surface area contributed by atoms with Crippen molar-refractivity contribution in [3.05, 3.63) is 66.4 Å². The molecule has 0 bridgehead atoms. The molecule has 0 aliphatic rings. The molecule has 1 heterocycles. The van der Waals surface area contributed by atoms with Crippen LogP contribution >= 0.6 is 0 Å². The van der Waals surface area contributed by atoms with Crippen molar-refractivity contribution < 1.29 is 12.8 Å². The molecular weight excluding hydrogens is 308 g/mol. The maximum absolute atomic E-state index is 12.1. The molecule has 23 heavy (non-hydrogen) atoms. The molecule has 0 atom stereocenters. The van der Waals surface area contributed by atoms with E-state index in [-0.39, 0.29) is 0 Å². The summed E-state index contributed by atoms with van der Waals surface area (Å²) in [6, 6.07) is 17.0. The summed E-state index contributed by atoms with van der Waals surface area (Å²) in [4.78, 5) is 0.362. The molecule has 1 aromatic heterocycles. The van der Waals surface area contributed by atoms with Crippen LogP contribution in [-0.4, -0.2) is 14.7 Å². The van der Waals surface area contributed by atoms with Crippen LogP contribution in [0.5, 0.6) is 0 Å². The fraction of sp³-hybridized carbons (Fsp3) is 0.158. The van der Waals surface area contributed by atoms with E-state index in [2.05, 4.69) is 6.92 Å². The normalized spacial score (nSPS) is 11.6. The van der Waals surface area contributed by atoms with Crippen molar-refractivity contribution in [2.75, 3.05) is 6.26 Å². The highest BCUT2D eigenvalue weighted by molar-refractivity contribution is 7.90. The Labute approximate surface area is 136 Å². The summed E-state index contributed by atoms with van der Waals surface area (Å²) in [6.07, 6.45) is 3.74. The molecule has 4 heteroatoms. The fourth-order valence-corrected chi connectivity index (χ4v) is 3.49. The predicted molar refractivity (Wildman–Crippen MR) is 92.1 cm³/mol. The van der Waals surface area contributed by atoms with Crippen molar-refractivity contribution in [1.29, 1.82) is 0 Å². The van der Waals surface area contributed by atoms with E-state index in [9.17, 15) is 8.42 Å². The zero-order valence-electron chi connectivity index (χ0n) is 13.1. The average Bonchev–Trinajstić information content (AvgIpc) is 3.08. The van der Waals surface area contributed by atoms with Gasteiger partial charge in [0.25, 0.3) is 0 Å². The van der Waals surface area contributed by atoms with E-state index < -0.39 is 9.84 Å². The number of rotatable bonds is 4. The largest absolute Gasteiger partial charge is 0.464 e. The Balaban J connectivity index is 2.10. The third-order valence-electron chi connectivity index (χ3n) is 3.85. The Morgan fingerprint density at radius 3 is 2.22 bits per heavy atom. The third kappa shape index (κ3) is 3.22. The minimum atomic E-state index is -3.28. The minimum Gasteiger partial charge on any atom is -0.464 e. The molecule has 0 fully saturated rings. The van der Waals surface area contributed by atoms with Crippen LogP contribution < -0.4 is 0 Å². The first-order valence-corrected chi connectivity index (χ1v) is 9.35. The molecule has 0 spiro atoms. The molecule has 0 aliphatic carbocycles. The van der Waals surface area contributed by atoms with Gasteiger partial charge in [-0.2, -0.15) is 0 Å². The van der Waals surface area contributed by atoms with Gasteiger partial charge in [0.05, 0.1) is 11.2 Å². The van der Waals surface area contributed by atoms with Crippen LogP contribution in [0.25, 0.3) is 22.5 Å². The fourth-order valence-electron chi connectivity index (χ4n) is 2.60. The van der Waals surface area contributed by atoms with Crippen molar-refractivity contribution in [1.82, 2.24) is 0 Å². The molecular formula is C19H18O3S. The molecule has 3 nitrogen and oxygen atoms in total. The van der Waals surface area contributed by atoms with Gasteiger partial charge in [-0.05, 0) is 41.8 Å². The predicted octanol–water partition coefficient (Wildman–Crippen LogP) is 4.58. The van der Waals surface area contributed by atoms with Gasteiger partial charge in [0.1, 0.15) is 5.76 Å². The number of hydrogen-bond donors (Lipinski definition) is 0. The zero-order valence-corrected chi connectivity index (χ0v) is 13.9. The standard InChI is InChI=1S/C19H18O3S/c1-3-14-6-11-19(23(2,20)21)17(13-14)15-7-9-16(10-8-15)18-5-4-12-22-18/h4-13H,3H2,1-2H3. The highest BCUT2D eigenvalue weighted by Gasteiger charge is 2.15. The molecule has 0 radical (unpaired) electrons. The number of aryl methyl sites for hydroxylation is 1. The van der Waals surface area contributed by atoms with Gasteiger partial charge in [0.2, 0.25) is 0 Å². The first-order chi connectivity index (χ1) is 11.0. The van der Waals surface area contributed by atoms with E-state index in [0.717, 1.165) is 34.4 Å². The molecule has 0 amide bonds. The number of benzene rings is 2. The van der Waals surface area contributed by atoms with Gasteiger partial charge in [-0.1, -0.05) is 37.3 Å². The van der Waals surface area contributed by atoms with Crippen LogP contribution in [-0.2, 0) is 16.3 Å². The molecule has 0 saturated carbocycles. The third-order valence-corrected chi connectivity index (χ3v) is 5.01. The number of furan rings is 1. The van der Waals surface area contributed by atoms with Crippen LogP contribution in [0.3, 0.4) is 0 Å². The van der Waals surface area contributed by atoms with Crippen molar-refractivity contribution in [3.63, 3.8) is 0 Å². The first kappa shape index (κ1) is 15.6. The van der Waals surface area contributed by atoms with E-state index in [4.69, 9.17) is 4.42 Å². The Morgan fingerprint density at radius 2 is 1.65 bits per heavy atom. The molecule has 0 unspecified atom stereocenters. The average molecular weight is 326 g/mol. The van der Waals surface area contributed by atoms with Crippen LogP contribution in [0.1, 0.15) is 12.5 Å². The molecule has 118 valence electrons. The molecule has 0 aliphatic heterocycles. The minimum absolute atomic E-state index is 0.362. The highest BCUT2D eigenvalue weighted by atomic mass is 32.2. The smallest absolute Gasteiger partial charge is 0.176 e. The monoisotopic (exact) mass is 326 g/mol. The van der Waals surface area contributed by atoms with Crippen molar-refractivity contribution in [2.45, 2.75) is 18.2 Å². The summed E-state index contributed by atoms with van der Waals surface area (Å²) in [5.74, 6) is 0.794. The molecule has 3 aromatic rings. The van der Waals surface area contributed by atoms with E-state index in [0.29, 0.717) is 4.90 Å². The van der Waals surface area contributed by atoms with Gasteiger partial charge in [0.15, 0.2) is 9.84 Å². The Hall–Kier alpha value is -2.33. The van der Waals surface area contributed by atoms with E-state index >= 15 is 0 Å². The van der Waals surface area contributed by atoms with Gasteiger partial charge in [-0.3, -0.25) is 0 Å². The highest BCUT2D eigenvalue weighted by Crippen LogP contribution is 2.31. The lowest BCUT2D eigenvalue weighted by atomic mass is 10.0. The van der Waals surface area contributed by atoms with Crippen LogP contribution in [0, 0.1) is 0 Å². The Bertz CT molecular complexity index is 906. The summed E-state index contributed by atoms with van der Waals surface area (Å²) >= 11 is 0. The Morgan fingerprint density at radius 1 is 0.957 bits per heavy atom. The summed E-state index contributed by atoms with van der Waals surface area (Å²) in [5, 5.41) is 0. The van der Waals surface area contributed by atoms with Gasteiger partial charge >= 0.3 is 0 Å². The maximum Gasteiger partial charge on any atom is 0.176 e. The molecule has 0 N–H and O–H groups in total. The lowest BCUT2D eigenvalue weighted by molar-refractivity contribution is 0.582. The van der Waals surface area contributed by atoms with Crippen molar-refractivity contribution >= 4 is 9.84 Å². The lowest BCUT2D eigenvalue weighted by Crippen LogP contribution is -2.01. The van der Waals surface area contributed by atoms with Crippen LogP contribution in [0.2, 0.25) is 0 Å². The van der Waals surface area contributed by atoms with E-state index in [1.165, 1.54) is 6.26 Å². The summed E-state index contributed by atoms with van der Waals surface area (Å²) in [7, 11) is -3.28. The summed E-state index contributed by atoms with van der Waals surface area (Å²) in [5.41, 5.74) is 3.71. The first-order valence-electron chi connectivity index (χ1n) is 7.46. The topological polar surface area (TPSA) is 47.3 Å². The summed E-state index contributed by atoms with van der Waals surface area (Å²) in [6.45, 7) is 2.05. The number of sulfone groups is 1. The zero-order chi connectivity index (χ0) is 16.4. The molecule has 0 saturated heterocycles. The van der Waals surface area contributed by atoms with Crippen LogP contribution in [0.4, 0.5) is 0 Å². The van der Waals surface area contributed by atoms with Gasteiger partial charge in [0, 0.05) is 17.4 Å². The lowest BCUT2D eigenvalue weighted by Gasteiger charge is -2.11. The van der Waals surface area contributed by atoms with Crippen molar-refractivity contribution in [2.24, 2.45) is 0 Å². The SMILES string of the molecule is CCc1ccc(S(C)(=O)=O)c(-c2ccc(-c3ccco3)cc2)c1. The van der Waals surface area contributed by atoms with Gasteiger partial charge in [-0.25, -0.2) is 8.42 Å². The quantitative estimate of drug-likeness (QED) is 0.705. The van der Waals surface area contributed by atoms with Crippen molar-refractivity contribution in [3.8, 4) is 22.5 Å². The van der Waals surface area contributed by atoms with Crippen LogP contribution in [0.15, 0.2) is 70.2 Å². The summed E-state index contributed by atoms with van der Waals surface area (Å²) < 4.78 is 29.5. The van der Waals surface area contributed by atoms with E-state index in [1.807, 2.05) is 48.5 Å². The van der Waals surface area contributed by atoms with Gasteiger partial charge < -0.3 is 4.42 Å². The molecule has 2 aromatic carbocycles. The Kier molecular flexibility index (Phi) is 4.09. The second-order valence-electron chi connectivity index (χ2n) is 5.51.